The molecule has 2 aromatic rings. The third-order valence-electron chi connectivity index (χ3n) is 4.02. The molecular formula is C17H22N2O2. The molecule has 1 aromatic carbocycles. The molecule has 0 bridgehead atoms. The number of fused-ring (bicyclic) bond motifs is 1. The van der Waals surface area contributed by atoms with Crippen molar-refractivity contribution in [2.45, 2.75) is 32.3 Å². The topological polar surface area (TPSA) is 45.3 Å². The van der Waals surface area contributed by atoms with E-state index in [9.17, 15) is 4.79 Å². The van der Waals surface area contributed by atoms with Crippen molar-refractivity contribution in [1.29, 1.82) is 0 Å². The summed E-state index contributed by atoms with van der Waals surface area (Å²) < 4.78 is 5.81. The summed E-state index contributed by atoms with van der Waals surface area (Å²) in [7, 11) is 0. The van der Waals surface area contributed by atoms with Crippen molar-refractivity contribution in [2.24, 2.45) is 0 Å². The van der Waals surface area contributed by atoms with E-state index in [0.717, 1.165) is 48.9 Å². The van der Waals surface area contributed by atoms with Crippen LogP contribution in [0.1, 0.15) is 36.5 Å². The molecular weight excluding hydrogens is 264 g/mol. The number of benzene rings is 1. The van der Waals surface area contributed by atoms with Crippen LogP contribution in [0.2, 0.25) is 0 Å². The number of ether oxygens (including phenoxy) is 1. The highest BCUT2D eigenvalue weighted by Gasteiger charge is 2.24. The van der Waals surface area contributed by atoms with Gasteiger partial charge in [-0.1, -0.05) is 6.92 Å². The molecule has 1 atom stereocenters. The summed E-state index contributed by atoms with van der Waals surface area (Å²) in [6, 6.07) is 7.83. The summed E-state index contributed by atoms with van der Waals surface area (Å²) in [6.45, 7) is 4.43. The average molecular weight is 286 g/mol. The Balaban J connectivity index is 1.71. The Morgan fingerprint density at radius 3 is 3.19 bits per heavy atom. The minimum absolute atomic E-state index is 0.114. The molecule has 1 saturated heterocycles. The Bertz CT molecular complexity index is 620. The van der Waals surface area contributed by atoms with Crippen LogP contribution in [0.3, 0.4) is 0 Å². The van der Waals surface area contributed by atoms with Gasteiger partial charge in [0.2, 0.25) is 0 Å². The number of nitrogens with zero attached hydrogens (tertiary/aromatic N) is 1. The van der Waals surface area contributed by atoms with E-state index < -0.39 is 0 Å². The van der Waals surface area contributed by atoms with Gasteiger partial charge in [0.05, 0.1) is 6.10 Å². The van der Waals surface area contributed by atoms with Gasteiger partial charge in [0.15, 0.2) is 0 Å². The van der Waals surface area contributed by atoms with Crippen LogP contribution in [0, 0.1) is 0 Å². The first-order valence-corrected chi connectivity index (χ1v) is 7.76. The second-order valence-corrected chi connectivity index (χ2v) is 5.67. The molecule has 21 heavy (non-hydrogen) atoms. The van der Waals surface area contributed by atoms with Crippen molar-refractivity contribution in [1.82, 2.24) is 9.88 Å². The lowest BCUT2D eigenvalue weighted by Crippen LogP contribution is -2.43. The van der Waals surface area contributed by atoms with Crippen LogP contribution in [0.15, 0.2) is 30.5 Å². The maximum absolute atomic E-state index is 12.6. The number of amides is 1. The van der Waals surface area contributed by atoms with Gasteiger partial charge < -0.3 is 14.6 Å². The van der Waals surface area contributed by atoms with Gasteiger partial charge in [-0.25, -0.2) is 0 Å². The summed E-state index contributed by atoms with van der Waals surface area (Å²) in [5.74, 6) is 0.114. The molecule has 0 aliphatic carbocycles. The predicted octanol–water partition coefficient (Wildman–Crippen LogP) is 3.20. The number of hydrogen-bond acceptors (Lipinski definition) is 2. The molecule has 4 nitrogen and oxygen atoms in total. The Morgan fingerprint density at radius 2 is 2.33 bits per heavy atom. The molecule has 1 aromatic heterocycles. The maximum atomic E-state index is 12.6. The summed E-state index contributed by atoms with van der Waals surface area (Å²) >= 11 is 0. The van der Waals surface area contributed by atoms with Crippen molar-refractivity contribution < 1.29 is 9.53 Å². The Kier molecular flexibility index (Phi) is 4.25. The van der Waals surface area contributed by atoms with Gasteiger partial charge in [-0.3, -0.25) is 4.79 Å². The lowest BCUT2D eigenvalue weighted by atomic mass is 10.1. The molecule has 0 radical (unpaired) electrons. The first-order valence-electron chi connectivity index (χ1n) is 7.76. The summed E-state index contributed by atoms with van der Waals surface area (Å²) in [4.78, 5) is 17.7. The molecule has 1 fully saturated rings. The van der Waals surface area contributed by atoms with E-state index in [-0.39, 0.29) is 12.0 Å². The van der Waals surface area contributed by atoms with Crippen LogP contribution in [-0.4, -0.2) is 41.6 Å². The monoisotopic (exact) mass is 286 g/mol. The van der Waals surface area contributed by atoms with Gasteiger partial charge in [0.1, 0.15) is 0 Å². The quantitative estimate of drug-likeness (QED) is 0.938. The zero-order chi connectivity index (χ0) is 14.7. The fourth-order valence-electron chi connectivity index (χ4n) is 2.91. The molecule has 3 rings (SSSR count). The van der Waals surface area contributed by atoms with Gasteiger partial charge >= 0.3 is 0 Å². The lowest BCUT2D eigenvalue weighted by molar-refractivity contribution is 0.00212. The molecule has 1 amide bonds. The van der Waals surface area contributed by atoms with Gasteiger partial charge in [0, 0.05) is 42.4 Å². The van der Waals surface area contributed by atoms with Crippen LogP contribution in [0.4, 0.5) is 0 Å². The van der Waals surface area contributed by atoms with E-state index in [1.165, 1.54) is 0 Å². The fraction of sp³-hybridized carbons (Fsp3) is 0.471. The van der Waals surface area contributed by atoms with Crippen molar-refractivity contribution in [3.05, 3.63) is 36.0 Å². The van der Waals surface area contributed by atoms with Crippen LogP contribution in [0.5, 0.6) is 0 Å². The molecule has 2 heterocycles. The fourth-order valence-corrected chi connectivity index (χ4v) is 2.91. The summed E-state index contributed by atoms with van der Waals surface area (Å²) in [5.41, 5.74) is 1.83. The maximum Gasteiger partial charge on any atom is 0.253 e. The number of rotatable bonds is 4. The Morgan fingerprint density at radius 1 is 1.43 bits per heavy atom. The molecule has 1 aliphatic rings. The number of aromatic amines is 1. The van der Waals surface area contributed by atoms with E-state index in [4.69, 9.17) is 4.74 Å². The number of carbonyl (C=O) groups is 1. The zero-order valence-corrected chi connectivity index (χ0v) is 12.5. The first-order chi connectivity index (χ1) is 10.3. The lowest BCUT2D eigenvalue weighted by Gasteiger charge is -2.32. The van der Waals surface area contributed by atoms with Crippen molar-refractivity contribution >= 4 is 16.8 Å². The molecule has 4 heteroatoms. The second kappa shape index (κ2) is 6.31. The van der Waals surface area contributed by atoms with Crippen LogP contribution < -0.4 is 0 Å². The number of carbonyl (C=O) groups excluding carboxylic acids is 1. The van der Waals surface area contributed by atoms with Gasteiger partial charge in [-0.15, -0.1) is 0 Å². The van der Waals surface area contributed by atoms with Gasteiger partial charge in [-0.2, -0.15) is 0 Å². The predicted molar refractivity (Wildman–Crippen MR) is 83.5 cm³/mol. The van der Waals surface area contributed by atoms with Crippen LogP contribution >= 0.6 is 0 Å². The minimum atomic E-state index is 0.114. The van der Waals surface area contributed by atoms with E-state index in [1.807, 2.05) is 35.4 Å². The van der Waals surface area contributed by atoms with Crippen molar-refractivity contribution in [2.75, 3.05) is 19.7 Å². The average Bonchev–Trinajstić information content (AvgIpc) is 3.00. The number of aromatic nitrogens is 1. The number of H-pyrrole nitrogens is 1. The molecule has 1 aliphatic heterocycles. The van der Waals surface area contributed by atoms with E-state index >= 15 is 0 Å². The Labute approximate surface area is 125 Å². The highest BCUT2D eigenvalue weighted by Crippen LogP contribution is 2.19. The molecule has 1 unspecified atom stereocenters. The first kappa shape index (κ1) is 14.1. The summed E-state index contributed by atoms with van der Waals surface area (Å²) in [6.07, 6.45) is 5.19. The van der Waals surface area contributed by atoms with Crippen molar-refractivity contribution in [3.8, 4) is 0 Å². The third kappa shape index (κ3) is 3.10. The number of nitrogens with one attached hydrogen (secondary N) is 1. The van der Waals surface area contributed by atoms with Crippen LogP contribution in [0.25, 0.3) is 10.9 Å². The van der Waals surface area contributed by atoms with Gasteiger partial charge in [-0.05, 0) is 43.5 Å². The summed E-state index contributed by atoms with van der Waals surface area (Å²) in [5, 5.41) is 1.08. The molecule has 0 spiro atoms. The Hall–Kier alpha value is -1.81. The van der Waals surface area contributed by atoms with E-state index in [2.05, 4.69) is 11.9 Å². The van der Waals surface area contributed by atoms with Crippen molar-refractivity contribution in [3.63, 3.8) is 0 Å². The largest absolute Gasteiger partial charge is 0.376 e. The molecule has 112 valence electrons. The van der Waals surface area contributed by atoms with Crippen LogP contribution in [-0.2, 0) is 4.74 Å². The zero-order valence-electron chi connectivity index (χ0n) is 12.5. The molecule has 0 saturated carbocycles. The highest BCUT2D eigenvalue weighted by atomic mass is 16.5. The second-order valence-electron chi connectivity index (χ2n) is 5.67. The van der Waals surface area contributed by atoms with E-state index in [0.29, 0.717) is 6.54 Å². The third-order valence-corrected chi connectivity index (χ3v) is 4.02. The number of piperidine rings is 1. The number of hydrogen-bond donors (Lipinski definition) is 1. The molecule has 1 N–H and O–H groups in total. The normalized spacial score (nSPS) is 19.1. The smallest absolute Gasteiger partial charge is 0.253 e. The van der Waals surface area contributed by atoms with Gasteiger partial charge in [0.25, 0.3) is 5.91 Å². The standard InChI is InChI=1S/C17H22N2O2/c1-2-10-21-15-4-3-9-19(12-15)17(20)14-5-6-16-13(11-14)7-8-18-16/h5-8,11,15,18H,2-4,9-10,12H2,1H3. The number of likely N-dealkylation sites (tertiary alicyclic amines) is 1. The van der Waals surface area contributed by atoms with E-state index in [1.54, 1.807) is 0 Å². The minimum Gasteiger partial charge on any atom is -0.376 e. The highest BCUT2D eigenvalue weighted by molar-refractivity contribution is 5.98. The SMILES string of the molecule is CCCOC1CCCN(C(=O)c2ccc3[nH]ccc3c2)C1.